The van der Waals surface area contributed by atoms with Crippen LogP contribution in [0.1, 0.15) is 33.4 Å². The molecule has 18 heavy (non-hydrogen) atoms. The lowest BCUT2D eigenvalue weighted by atomic mass is 10.3. The van der Waals surface area contributed by atoms with E-state index in [-0.39, 0.29) is 6.10 Å². The smallest absolute Gasteiger partial charge is 0.232 e. The Morgan fingerprint density at radius 1 is 1.22 bits per heavy atom. The summed E-state index contributed by atoms with van der Waals surface area (Å²) in [5.74, 6) is 0.538. The van der Waals surface area contributed by atoms with Crippen LogP contribution in [0, 0.1) is 0 Å². The first-order valence-corrected chi connectivity index (χ1v) is 6.40. The lowest BCUT2D eigenvalue weighted by Crippen LogP contribution is -2.23. The summed E-state index contributed by atoms with van der Waals surface area (Å²) in [6, 6.07) is 0.439. The molecule has 0 radical (unpaired) electrons. The van der Waals surface area contributed by atoms with Gasteiger partial charge in [0.05, 0.1) is 24.7 Å². The molecule has 0 saturated carbocycles. The van der Waals surface area contributed by atoms with E-state index >= 15 is 0 Å². The zero-order chi connectivity index (χ0) is 13.4. The topological polar surface area (TPSA) is 56.3 Å². The maximum absolute atomic E-state index is 5.58. The highest BCUT2D eigenvalue weighted by Gasteiger charge is 2.05. The molecule has 0 aliphatic heterocycles. The van der Waals surface area contributed by atoms with E-state index in [9.17, 15) is 0 Å². The molecule has 1 aromatic heterocycles. The maximum atomic E-state index is 5.58. The number of rotatable bonds is 8. The molecule has 5 nitrogen and oxygen atoms in total. The van der Waals surface area contributed by atoms with Crippen LogP contribution in [0.25, 0.3) is 0 Å². The highest BCUT2D eigenvalue weighted by atomic mass is 16.5. The minimum absolute atomic E-state index is 0.0149. The Balaban J connectivity index is 2.39. The molecule has 0 aliphatic rings. The van der Waals surface area contributed by atoms with Crippen molar-refractivity contribution in [2.45, 2.75) is 46.4 Å². The second kappa shape index (κ2) is 8.00. The fourth-order valence-electron chi connectivity index (χ4n) is 1.33. The van der Waals surface area contributed by atoms with Crippen molar-refractivity contribution >= 4 is 0 Å². The number of hydrogen-bond donors (Lipinski definition) is 1. The number of aromatic nitrogens is 2. The molecule has 0 fully saturated rings. The van der Waals surface area contributed by atoms with E-state index in [0.29, 0.717) is 25.1 Å². The Morgan fingerprint density at radius 3 is 2.56 bits per heavy atom. The van der Waals surface area contributed by atoms with Crippen LogP contribution in [0.3, 0.4) is 0 Å². The summed E-state index contributed by atoms with van der Waals surface area (Å²) in [6.07, 6.45) is 3.37. The summed E-state index contributed by atoms with van der Waals surface area (Å²) in [5, 5.41) is 3.29. The van der Waals surface area contributed by atoms with Crippen molar-refractivity contribution in [3.8, 4) is 5.88 Å². The van der Waals surface area contributed by atoms with E-state index in [1.807, 2.05) is 13.8 Å². The predicted molar refractivity (Wildman–Crippen MR) is 70.6 cm³/mol. The average Bonchev–Trinajstić information content (AvgIpc) is 2.35. The molecule has 0 spiro atoms. The Kier molecular flexibility index (Phi) is 6.60. The van der Waals surface area contributed by atoms with Gasteiger partial charge in [-0.1, -0.05) is 13.8 Å². The van der Waals surface area contributed by atoms with Gasteiger partial charge in [-0.15, -0.1) is 0 Å². The lowest BCUT2D eigenvalue weighted by Gasteiger charge is -2.13. The quantitative estimate of drug-likeness (QED) is 0.765. The fraction of sp³-hybridized carbons (Fsp3) is 0.692. The second-order valence-electron chi connectivity index (χ2n) is 4.47. The first kappa shape index (κ1) is 14.9. The van der Waals surface area contributed by atoms with E-state index in [4.69, 9.17) is 9.47 Å². The molecule has 0 aliphatic carbocycles. The van der Waals surface area contributed by atoms with Gasteiger partial charge in [0.2, 0.25) is 5.88 Å². The van der Waals surface area contributed by atoms with E-state index in [1.165, 1.54) is 0 Å². The van der Waals surface area contributed by atoms with Crippen molar-refractivity contribution in [2.24, 2.45) is 0 Å². The highest BCUT2D eigenvalue weighted by Crippen LogP contribution is 2.07. The standard InChI is InChI=1S/C13H23N3O2/c1-5-17-9-11(4)18-13-8-15-12(7-16-13)6-14-10(2)3/h7-8,10-11,14H,5-6,9H2,1-4H3. The van der Waals surface area contributed by atoms with Crippen LogP contribution < -0.4 is 10.1 Å². The fourth-order valence-corrected chi connectivity index (χ4v) is 1.33. The van der Waals surface area contributed by atoms with Crippen LogP contribution in [0.2, 0.25) is 0 Å². The van der Waals surface area contributed by atoms with Gasteiger partial charge >= 0.3 is 0 Å². The van der Waals surface area contributed by atoms with E-state index in [0.717, 1.165) is 12.2 Å². The van der Waals surface area contributed by atoms with Crippen molar-refractivity contribution in [3.05, 3.63) is 18.1 Å². The number of hydrogen-bond acceptors (Lipinski definition) is 5. The molecule has 1 N–H and O–H groups in total. The van der Waals surface area contributed by atoms with E-state index in [2.05, 4.69) is 29.1 Å². The summed E-state index contributed by atoms with van der Waals surface area (Å²) >= 11 is 0. The van der Waals surface area contributed by atoms with Gasteiger partial charge in [-0.2, -0.15) is 0 Å². The third-order valence-corrected chi connectivity index (χ3v) is 2.25. The average molecular weight is 253 g/mol. The molecule has 1 rings (SSSR count). The van der Waals surface area contributed by atoms with Crippen LogP contribution in [0.4, 0.5) is 0 Å². The summed E-state index contributed by atoms with van der Waals surface area (Å²) in [7, 11) is 0. The lowest BCUT2D eigenvalue weighted by molar-refractivity contribution is 0.0631. The third kappa shape index (κ3) is 5.93. The molecule has 0 aromatic carbocycles. The zero-order valence-electron chi connectivity index (χ0n) is 11.6. The van der Waals surface area contributed by atoms with Crippen LogP contribution in [-0.4, -0.2) is 35.3 Å². The Hall–Kier alpha value is -1.20. The van der Waals surface area contributed by atoms with Gasteiger partial charge in [0.15, 0.2) is 0 Å². The van der Waals surface area contributed by atoms with Crippen LogP contribution in [-0.2, 0) is 11.3 Å². The SMILES string of the molecule is CCOCC(C)Oc1cnc(CNC(C)C)cn1. The Morgan fingerprint density at radius 2 is 2.00 bits per heavy atom. The van der Waals surface area contributed by atoms with Crippen LogP contribution in [0.15, 0.2) is 12.4 Å². The molecule has 0 amide bonds. The number of ether oxygens (including phenoxy) is 2. The van der Waals surface area contributed by atoms with E-state index in [1.54, 1.807) is 12.4 Å². The normalized spacial score (nSPS) is 12.7. The minimum Gasteiger partial charge on any atom is -0.471 e. The van der Waals surface area contributed by atoms with Crippen molar-refractivity contribution in [1.82, 2.24) is 15.3 Å². The molecular formula is C13H23N3O2. The van der Waals surface area contributed by atoms with Gasteiger partial charge in [-0.05, 0) is 13.8 Å². The number of nitrogens with zero attached hydrogens (tertiary/aromatic N) is 2. The van der Waals surface area contributed by atoms with Gasteiger partial charge < -0.3 is 14.8 Å². The van der Waals surface area contributed by atoms with Crippen molar-refractivity contribution in [2.75, 3.05) is 13.2 Å². The first-order chi connectivity index (χ1) is 8.61. The number of nitrogens with one attached hydrogen (secondary N) is 1. The molecule has 1 heterocycles. The third-order valence-electron chi connectivity index (χ3n) is 2.25. The molecule has 102 valence electrons. The molecule has 5 heteroatoms. The predicted octanol–water partition coefficient (Wildman–Crippen LogP) is 1.78. The molecule has 1 atom stereocenters. The summed E-state index contributed by atoms with van der Waals surface area (Å²) < 4.78 is 10.9. The molecule has 0 bridgehead atoms. The summed E-state index contributed by atoms with van der Waals surface area (Å²) in [4.78, 5) is 8.52. The maximum Gasteiger partial charge on any atom is 0.232 e. The van der Waals surface area contributed by atoms with Gasteiger partial charge in [0.1, 0.15) is 6.10 Å². The second-order valence-corrected chi connectivity index (χ2v) is 4.47. The largest absolute Gasteiger partial charge is 0.471 e. The van der Waals surface area contributed by atoms with Crippen molar-refractivity contribution in [3.63, 3.8) is 0 Å². The van der Waals surface area contributed by atoms with E-state index < -0.39 is 0 Å². The van der Waals surface area contributed by atoms with Crippen molar-refractivity contribution in [1.29, 1.82) is 0 Å². The van der Waals surface area contributed by atoms with Gasteiger partial charge in [-0.3, -0.25) is 4.98 Å². The van der Waals surface area contributed by atoms with Crippen LogP contribution >= 0.6 is 0 Å². The Labute approximate surface area is 109 Å². The van der Waals surface area contributed by atoms with Gasteiger partial charge in [0.25, 0.3) is 0 Å². The molecular weight excluding hydrogens is 230 g/mol. The van der Waals surface area contributed by atoms with Crippen LogP contribution in [0.5, 0.6) is 5.88 Å². The van der Waals surface area contributed by atoms with Gasteiger partial charge in [0, 0.05) is 19.2 Å². The summed E-state index contributed by atoms with van der Waals surface area (Å²) in [5.41, 5.74) is 0.911. The Bertz CT molecular complexity index is 328. The molecule has 1 aromatic rings. The summed E-state index contributed by atoms with van der Waals surface area (Å²) in [6.45, 7) is 10.1. The molecule has 0 saturated heterocycles. The van der Waals surface area contributed by atoms with Crippen molar-refractivity contribution < 1.29 is 9.47 Å². The zero-order valence-corrected chi connectivity index (χ0v) is 11.6. The minimum atomic E-state index is -0.0149. The molecule has 1 unspecified atom stereocenters. The first-order valence-electron chi connectivity index (χ1n) is 6.40. The van der Waals surface area contributed by atoms with Gasteiger partial charge in [-0.25, -0.2) is 4.98 Å². The highest BCUT2D eigenvalue weighted by molar-refractivity contribution is 5.07. The monoisotopic (exact) mass is 253 g/mol.